The van der Waals surface area contributed by atoms with Crippen molar-refractivity contribution >= 4 is 28.5 Å². The number of carbonyl (C=O) groups excluding carboxylic acids is 1. The summed E-state index contributed by atoms with van der Waals surface area (Å²) in [6.45, 7) is 1.65. The molecule has 0 saturated carbocycles. The first kappa shape index (κ1) is 10.7. The number of nitrogens with zero attached hydrogens (tertiary/aromatic N) is 1. The summed E-state index contributed by atoms with van der Waals surface area (Å²) in [5.74, 6) is 0.352. The van der Waals surface area contributed by atoms with E-state index in [1.807, 2.05) is 17.0 Å². The van der Waals surface area contributed by atoms with Gasteiger partial charge in [0.05, 0.1) is 5.02 Å². The molecule has 0 bridgehead atoms. The summed E-state index contributed by atoms with van der Waals surface area (Å²) >= 11 is 6.02. The van der Waals surface area contributed by atoms with Crippen LogP contribution in [0.3, 0.4) is 0 Å². The fourth-order valence-corrected chi connectivity index (χ4v) is 2.43. The highest BCUT2D eigenvalue weighted by Gasteiger charge is 2.22. The Bertz CT molecular complexity index is 570. The van der Waals surface area contributed by atoms with Gasteiger partial charge >= 0.3 is 0 Å². The molecule has 3 rings (SSSR count). The Labute approximate surface area is 104 Å². The zero-order valence-electron chi connectivity index (χ0n) is 9.28. The lowest BCUT2D eigenvalue weighted by atomic mass is 10.2. The Balaban J connectivity index is 2.00. The van der Waals surface area contributed by atoms with Gasteiger partial charge in [-0.05, 0) is 25.0 Å². The van der Waals surface area contributed by atoms with Crippen LogP contribution in [0.15, 0.2) is 28.7 Å². The second-order valence-electron chi connectivity index (χ2n) is 4.27. The lowest BCUT2D eigenvalue weighted by Gasteiger charge is -2.12. The maximum Gasteiger partial charge on any atom is 0.289 e. The van der Waals surface area contributed by atoms with Crippen molar-refractivity contribution in [3.8, 4) is 0 Å². The molecule has 1 aromatic carbocycles. The molecular formula is C13H12ClNO2. The number of hydrogen-bond donors (Lipinski definition) is 0. The number of carbonyl (C=O) groups is 1. The number of hydrogen-bond acceptors (Lipinski definition) is 2. The molecule has 1 fully saturated rings. The first-order chi connectivity index (χ1) is 8.25. The van der Waals surface area contributed by atoms with E-state index in [2.05, 4.69) is 0 Å². The average Bonchev–Trinajstić information content (AvgIpc) is 2.98. The van der Waals surface area contributed by atoms with Gasteiger partial charge in [0.1, 0.15) is 0 Å². The third-order valence-electron chi connectivity index (χ3n) is 3.10. The highest BCUT2D eigenvalue weighted by Crippen LogP contribution is 2.27. The van der Waals surface area contributed by atoms with Gasteiger partial charge in [-0.2, -0.15) is 0 Å². The van der Waals surface area contributed by atoms with E-state index in [9.17, 15) is 4.79 Å². The monoisotopic (exact) mass is 249 g/mol. The van der Waals surface area contributed by atoms with E-state index in [-0.39, 0.29) is 5.91 Å². The third kappa shape index (κ3) is 1.80. The molecule has 1 aliphatic heterocycles. The van der Waals surface area contributed by atoms with Crippen LogP contribution in [0.1, 0.15) is 23.4 Å². The smallest absolute Gasteiger partial charge is 0.289 e. The van der Waals surface area contributed by atoms with E-state index >= 15 is 0 Å². The summed E-state index contributed by atoms with van der Waals surface area (Å²) in [6, 6.07) is 7.27. The van der Waals surface area contributed by atoms with Crippen molar-refractivity contribution in [1.82, 2.24) is 4.90 Å². The van der Waals surface area contributed by atoms with Crippen molar-refractivity contribution in [2.75, 3.05) is 13.1 Å². The SMILES string of the molecule is O=C(c1cc2cccc(Cl)c2o1)N1CCCC1. The van der Waals surface area contributed by atoms with Gasteiger partial charge < -0.3 is 9.32 Å². The number of para-hydroxylation sites is 1. The summed E-state index contributed by atoms with van der Waals surface area (Å²) in [4.78, 5) is 13.9. The molecular weight excluding hydrogens is 238 g/mol. The summed E-state index contributed by atoms with van der Waals surface area (Å²) < 4.78 is 5.55. The summed E-state index contributed by atoms with van der Waals surface area (Å²) in [5.41, 5.74) is 0.594. The molecule has 0 radical (unpaired) electrons. The normalized spacial score (nSPS) is 15.7. The van der Waals surface area contributed by atoms with Crippen LogP contribution < -0.4 is 0 Å². The molecule has 0 spiro atoms. The van der Waals surface area contributed by atoms with Crippen LogP contribution in [-0.4, -0.2) is 23.9 Å². The summed E-state index contributed by atoms with van der Waals surface area (Å²) in [5, 5.41) is 1.42. The van der Waals surface area contributed by atoms with E-state index in [0.717, 1.165) is 31.3 Å². The maximum absolute atomic E-state index is 12.1. The number of fused-ring (bicyclic) bond motifs is 1. The summed E-state index contributed by atoms with van der Waals surface area (Å²) in [7, 11) is 0. The van der Waals surface area contributed by atoms with Gasteiger partial charge in [-0.15, -0.1) is 0 Å². The fourth-order valence-electron chi connectivity index (χ4n) is 2.21. The first-order valence-electron chi connectivity index (χ1n) is 5.73. The lowest BCUT2D eigenvalue weighted by Crippen LogP contribution is -2.27. The predicted molar refractivity (Wildman–Crippen MR) is 66.4 cm³/mol. The van der Waals surface area contributed by atoms with E-state index in [1.165, 1.54) is 0 Å². The fraction of sp³-hybridized carbons (Fsp3) is 0.308. The molecule has 1 saturated heterocycles. The van der Waals surface area contributed by atoms with Gasteiger partial charge in [0, 0.05) is 18.5 Å². The molecule has 4 heteroatoms. The minimum Gasteiger partial charge on any atom is -0.449 e. The highest BCUT2D eigenvalue weighted by molar-refractivity contribution is 6.34. The van der Waals surface area contributed by atoms with Gasteiger partial charge in [0.15, 0.2) is 11.3 Å². The molecule has 0 N–H and O–H groups in total. The number of rotatable bonds is 1. The predicted octanol–water partition coefficient (Wildman–Crippen LogP) is 3.32. The van der Waals surface area contributed by atoms with Crippen LogP contribution in [0, 0.1) is 0 Å². The molecule has 2 aromatic rings. The Kier molecular flexibility index (Phi) is 2.56. The minimum absolute atomic E-state index is 0.0326. The topological polar surface area (TPSA) is 33.5 Å². The molecule has 0 aliphatic carbocycles. The summed E-state index contributed by atoms with van der Waals surface area (Å²) in [6.07, 6.45) is 2.15. The van der Waals surface area contributed by atoms with E-state index < -0.39 is 0 Å². The van der Waals surface area contributed by atoms with Crippen LogP contribution >= 0.6 is 11.6 Å². The Hall–Kier alpha value is -1.48. The second kappa shape index (κ2) is 4.08. The molecule has 1 aromatic heterocycles. The van der Waals surface area contributed by atoms with Crippen LogP contribution in [0.5, 0.6) is 0 Å². The van der Waals surface area contributed by atoms with Gasteiger partial charge in [-0.1, -0.05) is 23.7 Å². The van der Waals surface area contributed by atoms with Crippen molar-refractivity contribution in [1.29, 1.82) is 0 Å². The van der Waals surface area contributed by atoms with E-state index in [0.29, 0.717) is 16.4 Å². The van der Waals surface area contributed by atoms with Gasteiger partial charge in [0.25, 0.3) is 5.91 Å². The average molecular weight is 250 g/mol. The van der Waals surface area contributed by atoms with Gasteiger partial charge in [-0.3, -0.25) is 4.79 Å². The number of likely N-dealkylation sites (tertiary alicyclic amines) is 1. The Morgan fingerprint density at radius 1 is 1.29 bits per heavy atom. The Morgan fingerprint density at radius 3 is 2.76 bits per heavy atom. The van der Waals surface area contributed by atoms with E-state index in [4.69, 9.17) is 16.0 Å². The van der Waals surface area contributed by atoms with Crippen LogP contribution in [0.25, 0.3) is 11.0 Å². The van der Waals surface area contributed by atoms with Crippen molar-refractivity contribution in [2.45, 2.75) is 12.8 Å². The van der Waals surface area contributed by atoms with E-state index in [1.54, 1.807) is 12.1 Å². The number of furan rings is 1. The molecule has 3 nitrogen and oxygen atoms in total. The Morgan fingerprint density at radius 2 is 2.06 bits per heavy atom. The van der Waals surface area contributed by atoms with Crippen molar-refractivity contribution in [3.05, 3.63) is 35.0 Å². The molecule has 17 heavy (non-hydrogen) atoms. The van der Waals surface area contributed by atoms with Gasteiger partial charge in [0.2, 0.25) is 0 Å². The minimum atomic E-state index is -0.0326. The molecule has 88 valence electrons. The zero-order valence-corrected chi connectivity index (χ0v) is 10.0. The standard InChI is InChI=1S/C13H12ClNO2/c14-10-5-3-4-9-8-11(17-12(9)10)13(16)15-6-1-2-7-15/h3-5,8H,1-2,6-7H2. The lowest BCUT2D eigenvalue weighted by molar-refractivity contribution is 0.0763. The van der Waals surface area contributed by atoms with Crippen molar-refractivity contribution in [2.24, 2.45) is 0 Å². The zero-order chi connectivity index (χ0) is 11.8. The molecule has 1 amide bonds. The van der Waals surface area contributed by atoms with Crippen molar-refractivity contribution in [3.63, 3.8) is 0 Å². The van der Waals surface area contributed by atoms with Crippen LogP contribution in [-0.2, 0) is 0 Å². The quantitative estimate of drug-likeness (QED) is 0.777. The molecule has 0 atom stereocenters. The van der Waals surface area contributed by atoms with Crippen molar-refractivity contribution < 1.29 is 9.21 Å². The van der Waals surface area contributed by atoms with Crippen LogP contribution in [0.2, 0.25) is 5.02 Å². The first-order valence-corrected chi connectivity index (χ1v) is 6.11. The second-order valence-corrected chi connectivity index (χ2v) is 4.68. The maximum atomic E-state index is 12.1. The largest absolute Gasteiger partial charge is 0.449 e. The van der Waals surface area contributed by atoms with Crippen LogP contribution in [0.4, 0.5) is 0 Å². The number of halogens is 1. The third-order valence-corrected chi connectivity index (χ3v) is 3.40. The molecule has 0 unspecified atom stereocenters. The molecule has 1 aliphatic rings. The number of amides is 1. The van der Waals surface area contributed by atoms with Gasteiger partial charge in [-0.25, -0.2) is 0 Å². The molecule has 2 heterocycles. The number of benzene rings is 1. The highest BCUT2D eigenvalue weighted by atomic mass is 35.5.